The highest BCUT2D eigenvalue weighted by Gasteiger charge is 2.38. The maximum atomic E-state index is 6.03. The highest BCUT2D eigenvalue weighted by molar-refractivity contribution is 5.12. The zero-order valence-corrected chi connectivity index (χ0v) is 12.7. The summed E-state index contributed by atoms with van der Waals surface area (Å²) < 4.78 is 8.02. The third-order valence-corrected chi connectivity index (χ3v) is 4.14. The molecule has 19 heavy (non-hydrogen) atoms. The van der Waals surface area contributed by atoms with Gasteiger partial charge in [-0.05, 0) is 45.7 Å². The van der Waals surface area contributed by atoms with Crippen LogP contribution in [-0.2, 0) is 18.2 Å². The molecule has 4 heteroatoms. The molecule has 0 aliphatic carbocycles. The van der Waals surface area contributed by atoms with E-state index in [9.17, 15) is 0 Å². The molecule has 0 bridgehead atoms. The molecular formula is C15H27N3O. The molecular weight excluding hydrogens is 238 g/mol. The average molecular weight is 265 g/mol. The summed E-state index contributed by atoms with van der Waals surface area (Å²) in [5.41, 5.74) is 2.33. The molecule has 1 aliphatic heterocycles. The molecule has 108 valence electrons. The van der Waals surface area contributed by atoms with Crippen molar-refractivity contribution in [3.63, 3.8) is 0 Å². The van der Waals surface area contributed by atoms with Crippen molar-refractivity contribution >= 4 is 0 Å². The molecule has 0 saturated carbocycles. The second kappa shape index (κ2) is 6.06. The summed E-state index contributed by atoms with van der Waals surface area (Å²) in [5, 5.41) is 8.11. The van der Waals surface area contributed by atoms with E-state index in [1.165, 1.54) is 12.1 Å². The van der Waals surface area contributed by atoms with E-state index in [2.05, 4.69) is 30.3 Å². The summed E-state index contributed by atoms with van der Waals surface area (Å²) >= 11 is 0. The minimum Gasteiger partial charge on any atom is -0.374 e. The van der Waals surface area contributed by atoms with Gasteiger partial charge in [0, 0.05) is 31.8 Å². The van der Waals surface area contributed by atoms with Gasteiger partial charge in [-0.2, -0.15) is 5.10 Å². The van der Waals surface area contributed by atoms with Gasteiger partial charge in [0.2, 0.25) is 0 Å². The fourth-order valence-electron chi connectivity index (χ4n) is 2.96. The Morgan fingerprint density at radius 1 is 1.58 bits per heavy atom. The van der Waals surface area contributed by atoms with Crippen LogP contribution in [0.5, 0.6) is 0 Å². The fraction of sp³-hybridized carbons (Fsp3) is 0.800. The predicted molar refractivity (Wildman–Crippen MR) is 77.3 cm³/mol. The second-order valence-electron chi connectivity index (χ2n) is 5.88. The van der Waals surface area contributed by atoms with E-state index in [1.54, 1.807) is 0 Å². The van der Waals surface area contributed by atoms with E-state index in [1.807, 2.05) is 18.7 Å². The summed E-state index contributed by atoms with van der Waals surface area (Å²) in [7, 11) is 2.02. The summed E-state index contributed by atoms with van der Waals surface area (Å²) in [6.07, 6.45) is 4.45. The first kappa shape index (κ1) is 14.5. The first-order valence-electron chi connectivity index (χ1n) is 7.42. The van der Waals surface area contributed by atoms with Gasteiger partial charge in [-0.1, -0.05) is 6.92 Å². The lowest BCUT2D eigenvalue weighted by atomic mass is 9.89. The van der Waals surface area contributed by atoms with Crippen molar-refractivity contribution < 1.29 is 4.74 Å². The number of nitrogens with zero attached hydrogens (tertiary/aromatic N) is 2. The average Bonchev–Trinajstić information content (AvgIpc) is 2.92. The van der Waals surface area contributed by atoms with E-state index < -0.39 is 0 Å². The molecule has 1 aromatic heterocycles. The number of hydrogen-bond acceptors (Lipinski definition) is 3. The zero-order valence-electron chi connectivity index (χ0n) is 12.7. The molecule has 1 saturated heterocycles. The van der Waals surface area contributed by atoms with E-state index in [0.29, 0.717) is 6.04 Å². The molecule has 2 rings (SSSR count). The first-order valence-corrected chi connectivity index (χ1v) is 7.42. The molecule has 0 amide bonds. The monoisotopic (exact) mass is 265 g/mol. The Morgan fingerprint density at radius 2 is 2.37 bits per heavy atom. The molecule has 1 fully saturated rings. The molecule has 2 unspecified atom stereocenters. The van der Waals surface area contributed by atoms with Crippen LogP contribution in [0.2, 0.25) is 0 Å². The van der Waals surface area contributed by atoms with Crippen molar-refractivity contribution in [1.29, 1.82) is 0 Å². The molecule has 1 aliphatic rings. The van der Waals surface area contributed by atoms with Crippen LogP contribution in [0.3, 0.4) is 0 Å². The lowest BCUT2D eigenvalue weighted by Crippen LogP contribution is -2.50. The number of nitrogens with one attached hydrogen (secondary N) is 1. The van der Waals surface area contributed by atoms with E-state index in [0.717, 1.165) is 38.1 Å². The summed E-state index contributed by atoms with van der Waals surface area (Å²) in [4.78, 5) is 0. The molecule has 4 nitrogen and oxygen atoms in total. The van der Waals surface area contributed by atoms with Gasteiger partial charge >= 0.3 is 0 Å². The van der Waals surface area contributed by atoms with Crippen molar-refractivity contribution in [3.05, 3.63) is 17.5 Å². The van der Waals surface area contributed by atoms with Gasteiger partial charge < -0.3 is 10.1 Å². The molecule has 1 N–H and O–H groups in total. The van der Waals surface area contributed by atoms with Crippen LogP contribution < -0.4 is 5.32 Å². The minimum atomic E-state index is -0.0344. The van der Waals surface area contributed by atoms with Crippen molar-refractivity contribution in [1.82, 2.24) is 15.1 Å². The topological polar surface area (TPSA) is 39.1 Å². The van der Waals surface area contributed by atoms with Gasteiger partial charge in [0.05, 0.1) is 11.3 Å². The first-order chi connectivity index (χ1) is 9.05. The Kier molecular flexibility index (Phi) is 4.63. The van der Waals surface area contributed by atoms with Crippen LogP contribution in [0.25, 0.3) is 0 Å². The van der Waals surface area contributed by atoms with Gasteiger partial charge in [-0.25, -0.2) is 0 Å². The van der Waals surface area contributed by atoms with Crippen molar-refractivity contribution in [3.8, 4) is 0 Å². The SMILES string of the molecule is CCCNC(Cc1cc(C)nn1C)C1(C)CCCO1. The van der Waals surface area contributed by atoms with Crippen LogP contribution in [0, 0.1) is 6.92 Å². The van der Waals surface area contributed by atoms with Crippen molar-refractivity contribution in [2.75, 3.05) is 13.2 Å². The maximum absolute atomic E-state index is 6.03. The maximum Gasteiger partial charge on any atom is 0.0811 e. The summed E-state index contributed by atoms with van der Waals surface area (Å²) in [6.45, 7) is 8.43. The van der Waals surface area contributed by atoms with Gasteiger partial charge in [0.1, 0.15) is 0 Å². The second-order valence-corrected chi connectivity index (χ2v) is 5.88. The molecule has 0 spiro atoms. The lowest BCUT2D eigenvalue weighted by Gasteiger charge is -2.34. The van der Waals surface area contributed by atoms with E-state index >= 15 is 0 Å². The summed E-state index contributed by atoms with van der Waals surface area (Å²) in [5.74, 6) is 0. The Balaban J connectivity index is 2.11. The number of hydrogen-bond donors (Lipinski definition) is 1. The van der Waals surface area contributed by atoms with Crippen LogP contribution >= 0.6 is 0 Å². The highest BCUT2D eigenvalue weighted by atomic mass is 16.5. The number of ether oxygens (including phenoxy) is 1. The molecule has 2 heterocycles. The Labute approximate surface area is 116 Å². The van der Waals surface area contributed by atoms with Gasteiger partial charge in [0.15, 0.2) is 0 Å². The highest BCUT2D eigenvalue weighted by Crippen LogP contribution is 2.30. The van der Waals surface area contributed by atoms with Crippen molar-refractivity contribution in [2.24, 2.45) is 7.05 Å². The molecule has 0 aromatic carbocycles. The van der Waals surface area contributed by atoms with Crippen LogP contribution in [0.4, 0.5) is 0 Å². The number of aromatic nitrogens is 2. The Bertz CT molecular complexity index is 408. The van der Waals surface area contributed by atoms with E-state index in [4.69, 9.17) is 4.74 Å². The lowest BCUT2D eigenvalue weighted by molar-refractivity contribution is -0.0118. The normalized spacial score (nSPS) is 24.8. The smallest absolute Gasteiger partial charge is 0.0811 e. The van der Waals surface area contributed by atoms with Crippen LogP contribution in [0.1, 0.15) is 44.5 Å². The van der Waals surface area contributed by atoms with E-state index in [-0.39, 0.29) is 5.60 Å². The van der Waals surface area contributed by atoms with Gasteiger partial charge in [-0.15, -0.1) is 0 Å². The molecule has 0 radical (unpaired) electrons. The number of rotatable bonds is 6. The number of aryl methyl sites for hydroxylation is 2. The third kappa shape index (κ3) is 3.37. The zero-order chi connectivity index (χ0) is 13.9. The minimum absolute atomic E-state index is 0.0344. The Hall–Kier alpha value is -0.870. The standard InChI is InChI=1S/C15H27N3O/c1-5-8-16-14(15(3)7-6-9-19-15)11-13-10-12(2)17-18(13)4/h10,14,16H,5-9,11H2,1-4H3. The molecule has 2 atom stereocenters. The fourth-order valence-corrected chi connectivity index (χ4v) is 2.96. The molecule has 1 aromatic rings. The Morgan fingerprint density at radius 3 is 2.89 bits per heavy atom. The van der Waals surface area contributed by atoms with Crippen molar-refractivity contribution in [2.45, 2.75) is 58.1 Å². The summed E-state index contributed by atoms with van der Waals surface area (Å²) in [6, 6.07) is 2.55. The third-order valence-electron chi connectivity index (χ3n) is 4.14. The van der Waals surface area contributed by atoms with Gasteiger partial charge in [-0.3, -0.25) is 4.68 Å². The van der Waals surface area contributed by atoms with Crippen LogP contribution in [0.15, 0.2) is 6.07 Å². The quantitative estimate of drug-likeness (QED) is 0.857. The van der Waals surface area contributed by atoms with Gasteiger partial charge in [0.25, 0.3) is 0 Å². The van der Waals surface area contributed by atoms with Crippen LogP contribution in [-0.4, -0.2) is 34.6 Å². The largest absolute Gasteiger partial charge is 0.374 e. The predicted octanol–water partition coefficient (Wildman–Crippen LogP) is 2.21.